The summed E-state index contributed by atoms with van der Waals surface area (Å²) in [5, 5.41) is 0. The molecule has 0 aromatic heterocycles. The van der Waals surface area contributed by atoms with Gasteiger partial charge in [-0.3, -0.25) is 4.79 Å². The minimum Gasteiger partial charge on any atom is -0.466 e. The molecule has 0 spiro atoms. The number of carbonyl (C=O) groups excluding carboxylic acids is 1. The van der Waals surface area contributed by atoms with E-state index in [4.69, 9.17) is 4.74 Å². The third-order valence-corrected chi connectivity index (χ3v) is 1.70. The van der Waals surface area contributed by atoms with E-state index in [9.17, 15) is 4.79 Å². The number of hydrogen-bond acceptors (Lipinski definition) is 2. The van der Waals surface area contributed by atoms with Crippen molar-refractivity contribution in [2.75, 3.05) is 6.61 Å². The molecule has 0 saturated carbocycles. The summed E-state index contributed by atoms with van der Waals surface area (Å²) in [6.07, 6.45) is 4.06. The zero-order valence-electron chi connectivity index (χ0n) is 8.27. The van der Waals surface area contributed by atoms with Crippen LogP contribution in [0.1, 0.15) is 18.9 Å². The van der Waals surface area contributed by atoms with E-state index < -0.39 is 0 Å². The van der Waals surface area contributed by atoms with Crippen molar-refractivity contribution in [2.45, 2.75) is 13.3 Å². The van der Waals surface area contributed by atoms with Crippen molar-refractivity contribution in [3.05, 3.63) is 42.0 Å². The molecule has 0 N–H and O–H groups in total. The Hall–Kier alpha value is -1.57. The molecule has 2 nitrogen and oxygen atoms in total. The SMILES string of the molecule is CCOC(=O)C/C=C/c1ccccc1. The van der Waals surface area contributed by atoms with E-state index in [0.29, 0.717) is 13.0 Å². The van der Waals surface area contributed by atoms with Crippen LogP contribution in [-0.4, -0.2) is 12.6 Å². The van der Waals surface area contributed by atoms with E-state index in [1.165, 1.54) is 0 Å². The average Bonchev–Trinajstić information content (AvgIpc) is 2.20. The summed E-state index contributed by atoms with van der Waals surface area (Å²) >= 11 is 0. The molecule has 0 aliphatic rings. The van der Waals surface area contributed by atoms with Crippen LogP contribution in [0.5, 0.6) is 0 Å². The highest BCUT2D eigenvalue weighted by Gasteiger charge is 1.95. The second kappa shape index (κ2) is 5.97. The first kappa shape index (κ1) is 10.5. The van der Waals surface area contributed by atoms with E-state index in [1.807, 2.05) is 42.5 Å². The third kappa shape index (κ3) is 3.90. The Morgan fingerprint density at radius 2 is 2.07 bits per heavy atom. The van der Waals surface area contributed by atoms with E-state index in [-0.39, 0.29) is 5.97 Å². The number of carbonyl (C=O) groups is 1. The Labute approximate surface area is 84.2 Å². The largest absolute Gasteiger partial charge is 0.466 e. The molecule has 1 aromatic rings. The van der Waals surface area contributed by atoms with Gasteiger partial charge in [-0.05, 0) is 12.5 Å². The van der Waals surface area contributed by atoms with Gasteiger partial charge in [0.25, 0.3) is 0 Å². The molecule has 0 unspecified atom stereocenters. The summed E-state index contributed by atoms with van der Waals surface area (Å²) in [6, 6.07) is 9.86. The number of hydrogen-bond donors (Lipinski definition) is 0. The Bertz CT molecular complexity index is 301. The number of esters is 1. The van der Waals surface area contributed by atoms with Crippen LogP contribution in [0, 0.1) is 0 Å². The van der Waals surface area contributed by atoms with Crippen molar-refractivity contribution in [1.82, 2.24) is 0 Å². The molecule has 74 valence electrons. The summed E-state index contributed by atoms with van der Waals surface area (Å²) in [6.45, 7) is 2.25. The summed E-state index contributed by atoms with van der Waals surface area (Å²) in [5.41, 5.74) is 1.09. The molecule has 0 fully saturated rings. The predicted molar refractivity (Wildman–Crippen MR) is 56.7 cm³/mol. The van der Waals surface area contributed by atoms with Gasteiger partial charge in [0.1, 0.15) is 0 Å². The molecule has 1 rings (SSSR count). The maximum atomic E-state index is 11.0. The topological polar surface area (TPSA) is 26.3 Å². The van der Waals surface area contributed by atoms with Crippen molar-refractivity contribution in [1.29, 1.82) is 0 Å². The van der Waals surface area contributed by atoms with Crippen LogP contribution < -0.4 is 0 Å². The van der Waals surface area contributed by atoms with Crippen molar-refractivity contribution in [2.24, 2.45) is 0 Å². The van der Waals surface area contributed by atoms with Crippen LogP contribution in [0.3, 0.4) is 0 Å². The summed E-state index contributed by atoms with van der Waals surface area (Å²) in [5.74, 6) is -0.181. The average molecular weight is 190 g/mol. The summed E-state index contributed by atoms with van der Waals surface area (Å²) in [7, 11) is 0. The van der Waals surface area contributed by atoms with Gasteiger partial charge in [0, 0.05) is 0 Å². The summed E-state index contributed by atoms with van der Waals surface area (Å²) < 4.78 is 4.79. The molecule has 0 radical (unpaired) electrons. The fourth-order valence-electron chi connectivity index (χ4n) is 1.08. The molecule has 14 heavy (non-hydrogen) atoms. The zero-order chi connectivity index (χ0) is 10.2. The Balaban J connectivity index is 2.38. The normalized spacial score (nSPS) is 10.4. The second-order valence-corrected chi connectivity index (χ2v) is 2.82. The van der Waals surface area contributed by atoms with E-state index in [0.717, 1.165) is 5.56 Å². The third-order valence-electron chi connectivity index (χ3n) is 1.70. The zero-order valence-corrected chi connectivity index (χ0v) is 8.27. The molecule has 0 amide bonds. The lowest BCUT2D eigenvalue weighted by Gasteiger charge is -1.96. The molecule has 0 heterocycles. The highest BCUT2D eigenvalue weighted by molar-refractivity contribution is 5.72. The number of rotatable bonds is 4. The maximum absolute atomic E-state index is 11.0. The molecular formula is C12H14O2. The van der Waals surface area contributed by atoms with Gasteiger partial charge in [0.2, 0.25) is 0 Å². The lowest BCUT2D eigenvalue weighted by Crippen LogP contribution is -2.01. The quantitative estimate of drug-likeness (QED) is 0.682. The predicted octanol–water partition coefficient (Wildman–Crippen LogP) is 2.65. The van der Waals surface area contributed by atoms with Crippen molar-refractivity contribution in [3.8, 4) is 0 Å². The fourth-order valence-corrected chi connectivity index (χ4v) is 1.08. The van der Waals surface area contributed by atoms with Crippen LogP contribution in [0.4, 0.5) is 0 Å². The van der Waals surface area contributed by atoms with Crippen molar-refractivity contribution < 1.29 is 9.53 Å². The molecule has 0 aliphatic carbocycles. The lowest BCUT2D eigenvalue weighted by molar-refractivity contribution is -0.142. The minimum absolute atomic E-state index is 0.181. The number of benzene rings is 1. The molecular weight excluding hydrogens is 176 g/mol. The van der Waals surface area contributed by atoms with Gasteiger partial charge in [-0.2, -0.15) is 0 Å². The lowest BCUT2D eigenvalue weighted by atomic mass is 10.2. The van der Waals surface area contributed by atoms with Gasteiger partial charge in [-0.1, -0.05) is 42.5 Å². The number of ether oxygens (including phenoxy) is 1. The highest BCUT2D eigenvalue weighted by atomic mass is 16.5. The molecule has 2 heteroatoms. The Morgan fingerprint density at radius 1 is 1.36 bits per heavy atom. The van der Waals surface area contributed by atoms with Gasteiger partial charge >= 0.3 is 5.97 Å². The van der Waals surface area contributed by atoms with Gasteiger partial charge in [-0.25, -0.2) is 0 Å². The van der Waals surface area contributed by atoms with Crippen LogP contribution in [0.15, 0.2) is 36.4 Å². The van der Waals surface area contributed by atoms with Crippen LogP contribution >= 0.6 is 0 Å². The van der Waals surface area contributed by atoms with Crippen LogP contribution in [0.2, 0.25) is 0 Å². The fraction of sp³-hybridized carbons (Fsp3) is 0.250. The molecule has 1 aromatic carbocycles. The standard InChI is InChI=1S/C12H14O2/c1-2-14-12(13)10-6-9-11-7-4-3-5-8-11/h3-9H,2,10H2,1H3/b9-6+. The van der Waals surface area contributed by atoms with E-state index >= 15 is 0 Å². The van der Waals surface area contributed by atoms with E-state index in [1.54, 1.807) is 6.92 Å². The molecule has 0 atom stereocenters. The molecule has 0 bridgehead atoms. The van der Waals surface area contributed by atoms with Crippen molar-refractivity contribution >= 4 is 12.0 Å². The van der Waals surface area contributed by atoms with E-state index in [2.05, 4.69) is 0 Å². The monoisotopic (exact) mass is 190 g/mol. The maximum Gasteiger partial charge on any atom is 0.309 e. The first-order valence-corrected chi connectivity index (χ1v) is 4.70. The summed E-state index contributed by atoms with van der Waals surface area (Å²) in [4.78, 5) is 11.0. The van der Waals surface area contributed by atoms with Gasteiger partial charge in [-0.15, -0.1) is 0 Å². The molecule has 0 saturated heterocycles. The van der Waals surface area contributed by atoms with Gasteiger partial charge in [0.15, 0.2) is 0 Å². The Kier molecular flexibility index (Phi) is 4.48. The van der Waals surface area contributed by atoms with Crippen LogP contribution in [0.25, 0.3) is 6.08 Å². The first-order chi connectivity index (χ1) is 6.83. The van der Waals surface area contributed by atoms with Crippen molar-refractivity contribution in [3.63, 3.8) is 0 Å². The first-order valence-electron chi connectivity index (χ1n) is 4.70. The smallest absolute Gasteiger partial charge is 0.309 e. The minimum atomic E-state index is -0.181. The van der Waals surface area contributed by atoms with Gasteiger partial charge in [0.05, 0.1) is 13.0 Å². The second-order valence-electron chi connectivity index (χ2n) is 2.82. The van der Waals surface area contributed by atoms with Crippen LogP contribution in [-0.2, 0) is 9.53 Å². The Morgan fingerprint density at radius 3 is 2.71 bits per heavy atom. The van der Waals surface area contributed by atoms with Gasteiger partial charge < -0.3 is 4.74 Å². The molecule has 0 aliphatic heterocycles. The highest BCUT2D eigenvalue weighted by Crippen LogP contribution is 2.02.